The number of carbonyl (C=O) groups excluding carboxylic acids is 1. The summed E-state index contributed by atoms with van der Waals surface area (Å²) in [7, 11) is 0. The van der Waals surface area contributed by atoms with Crippen LogP contribution in [0, 0.1) is 0 Å². The Morgan fingerprint density at radius 1 is 1.00 bits per heavy atom. The van der Waals surface area contributed by atoms with E-state index in [0.29, 0.717) is 29.9 Å². The summed E-state index contributed by atoms with van der Waals surface area (Å²) in [5.74, 6) is 2.26. The first-order valence-corrected chi connectivity index (χ1v) is 13.6. The lowest BCUT2D eigenvalue weighted by atomic mass is 9.85. The standard InChI is InChI=1S/C29H25ClN4O2S/c30-23-10-5-4-9-21(23)18-37-29-32-28-31-24-11-6-12-25(35)26(24)27(34(28)33-29)20-13-15-22(16-14-20)36-17-19-7-2-1-3-8-19/h1-5,7-10,13-16,27H,6,11-12,17-18H2,(H,31,32,33). The highest BCUT2D eigenvalue weighted by Crippen LogP contribution is 2.41. The minimum absolute atomic E-state index is 0.162. The van der Waals surface area contributed by atoms with Crippen molar-refractivity contribution in [2.24, 2.45) is 0 Å². The molecule has 37 heavy (non-hydrogen) atoms. The highest BCUT2D eigenvalue weighted by molar-refractivity contribution is 7.98. The number of aromatic nitrogens is 3. The van der Waals surface area contributed by atoms with Gasteiger partial charge in [0.1, 0.15) is 18.4 Å². The lowest BCUT2D eigenvalue weighted by Crippen LogP contribution is -2.31. The molecule has 186 valence electrons. The van der Waals surface area contributed by atoms with E-state index in [1.807, 2.05) is 83.5 Å². The van der Waals surface area contributed by atoms with Crippen LogP contribution in [-0.4, -0.2) is 20.5 Å². The maximum absolute atomic E-state index is 13.1. The van der Waals surface area contributed by atoms with Gasteiger partial charge in [0.25, 0.3) is 0 Å². The molecule has 1 N–H and O–H groups in total. The highest BCUT2D eigenvalue weighted by Gasteiger charge is 2.36. The van der Waals surface area contributed by atoms with E-state index in [4.69, 9.17) is 26.4 Å². The maximum Gasteiger partial charge on any atom is 0.227 e. The number of Topliss-reactive ketones (excluding diaryl/α,β-unsaturated/α-hetero) is 1. The largest absolute Gasteiger partial charge is 0.489 e. The molecule has 0 spiro atoms. The molecule has 2 aliphatic rings. The van der Waals surface area contributed by atoms with Gasteiger partial charge < -0.3 is 10.1 Å². The Labute approximate surface area is 224 Å². The average molecular weight is 529 g/mol. The van der Waals surface area contributed by atoms with Gasteiger partial charge >= 0.3 is 0 Å². The normalized spacial score (nSPS) is 16.7. The molecule has 0 saturated heterocycles. The molecule has 8 heteroatoms. The molecule has 0 fully saturated rings. The van der Waals surface area contributed by atoms with Gasteiger partial charge in [-0.1, -0.05) is 84.0 Å². The second-order valence-electron chi connectivity index (χ2n) is 9.08. The Hall–Kier alpha value is -3.55. The molecular weight excluding hydrogens is 504 g/mol. The fourth-order valence-corrected chi connectivity index (χ4v) is 5.87. The van der Waals surface area contributed by atoms with Crippen molar-refractivity contribution < 1.29 is 9.53 Å². The maximum atomic E-state index is 13.1. The molecule has 1 aromatic heterocycles. The number of nitrogens with zero attached hydrogens (tertiary/aromatic N) is 3. The van der Waals surface area contributed by atoms with Gasteiger partial charge in [0.15, 0.2) is 5.78 Å². The van der Waals surface area contributed by atoms with E-state index >= 15 is 0 Å². The van der Waals surface area contributed by atoms with Crippen molar-refractivity contribution >= 4 is 35.1 Å². The number of allylic oxidation sites excluding steroid dienone is 2. The predicted molar refractivity (Wildman–Crippen MR) is 146 cm³/mol. The SMILES string of the molecule is O=C1CCCC2=C1C(c1ccc(OCc3ccccc3)cc1)n1nc(SCc3ccccc3Cl)nc1N2. The van der Waals surface area contributed by atoms with E-state index in [1.165, 1.54) is 11.8 Å². The van der Waals surface area contributed by atoms with E-state index < -0.39 is 0 Å². The van der Waals surface area contributed by atoms with E-state index in [9.17, 15) is 4.79 Å². The second-order valence-corrected chi connectivity index (χ2v) is 10.4. The first-order valence-electron chi connectivity index (χ1n) is 12.3. The Morgan fingerprint density at radius 2 is 1.78 bits per heavy atom. The molecular formula is C29H25ClN4O2S. The third-order valence-corrected chi connectivity index (χ3v) is 7.86. The second kappa shape index (κ2) is 10.4. The van der Waals surface area contributed by atoms with Crippen molar-refractivity contribution in [2.45, 2.75) is 42.8 Å². The van der Waals surface area contributed by atoms with Crippen molar-refractivity contribution in [1.82, 2.24) is 14.8 Å². The number of ketones is 1. The quantitative estimate of drug-likeness (QED) is 0.265. The van der Waals surface area contributed by atoms with Gasteiger partial charge in [-0.2, -0.15) is 4.98 Å². The van der Waals surface area contributed by atoms with Crippen molar-refractivity contribution in [3.63, 3.8) is 0 Å². The van der Waals surface area contributed by atoms with Crippen molar-refractivity contribution in [3.05, 3.63) is 112 Å². The van der Waals surface area contributed by atoms with E-state index in [0.717, 1.165) is 51.6 Å². The topological polar surface area (TPSA) is 69.0 Å². The molecule has 1 unspecified atom stereocenters. The number of thioether (sulfide) groups is 1. The molecule has 6 nitrogen and oxygen atoms in total. The monoisotopic (exact) mass is 528 g/mol. The minimum Gasteiger partial charge on any atom is -0.489 e. The molecule has 0 bridgehead atoms. The van der Waals surface area contributed by atoms with Gasteiger partial charge in [-0.05, 0) is 47.7 Å². The molecule has 0 amide bonds. The van der Waals surface area contributed by atoms with Gasteiger partial charge in [0.2, 0.25) is 11.1 Å². The summed E-state index contributed by atoms with van der Waals surface area (Å²) < 4.78 is 7.82. The fraction of sp³-hybridized carbons (Fsp3) is 0.207. The zero-order chi connectivity index (χ0) is 25.2. The number of hydrogen-bond acceptors (Lipinski definition) is 6. The molecule has 0 saturated carbocycles. The molecule has 4 aromatic rings. The first kappa shape index (κ1) is 23.8. The lowest BCUT2D eigenvalue weighted by molar-refractivity contribution is -0.116. The van der Waals surface area contributed by atoms with Crippen molar-refractivity contribution in [2.75, 3.05) is 5.32 Å². The molecule has 1 aliphatic heterocycles. The van der Waals surface area contributed by atoms with Crippen molar-refractivity contribution in [3.8, 4) is 5.75 Å². The smallest absolute Gasteiger partial charge is 0.227 e. The summed E-state index contributed by atoms with van der Waals surface area (Å²) in [6.07, 6.45) is 2.21. The average Bonchev–Trinajstić information content (AvgIpc) is 3.34. The van der Waals surface area contributed by atoms with Crippen LogP contribution in [-0.2, 0) is 17.2 Å². The van der Waals surface area contributed by atoms with Gasteiger partial charge in [-0.25, -0.2) is 4.68 Å². The van der Waals surface area contributed by atoms with Crippen LogP contribution in [0.15, 0.2) is 95.3 Å². The Balaban J connectivity index is 1.27. The van der Waals surface area contributed by atoms with Crippen LogP contribution in [0.3, 0.4) is 0 Å². The number of rotatable bonds is 7. The number of ether oxygens (including phenoxy) is 1. The zero-order valence-corrected chi connectivity index (χ0v) is 21.6. The van der Waals surface area contributed by atoms with Crippen molar-refractivity contribution in [1.29, 1.82) is 0 Å². The highest BCUT2D eigenvalue weighted by atomic mass is 35.5. The Bertz CT molecular complexity index is 1470. The summed E-state index contributed by atoms with van der Waals surface area (Å²) in [6.45, 7) is 0.501. The molecule has 2 heterocycles. The van der Waals surface area contributed by atoms with Gasteiger partial charge in [0.05, 0.1) is 0 Å². The number of hydrogen-bond donors (Lipinski definition) is 1. The molecule has 3 aromatic carbocycles. The van der Waals surface area contributed by atoms with Crippen LogP contribution in [0.25, 0.3) is 0 Å². The third kappa shape index (κ3) is 5.02. The lowest BCUT2D eigenvalue weighted by Gasteiger charge is -2.32. The van der Waals surface area contributed by atoms with Crippen LogP contribution >= 0.6 is 23.4 Å². The Kier molecular flexibility index (Phi) is 6.72. The fourth-order valence-electron chi connectivity index (χ4n) is 4.75. The van der Waals surface area contributed by atoms with E-state index in [1.54, 1.807) is 0 Å². The minimum atomic E-state index is -0.329. The summed E-state index contributed by atoms with van der Waals surface area (Å²) in [6, 6.07) is 25.5. The summed E-state index contributed by atoms with van der Waals surface area (Å²) in [4.78, 5) is 17.9. The van der Waals surface area contributed by atoms with Gasteiger partial charge in [0, 0.05) is 28.5 Å². The third-order valence-electron chi connectivity index (χ3n) is 6.61. The zero-order valence-electron chi connectivity index (χ0n) is 20.1. The molecule has 1 atom stereocenters. The number of fused-ring (bicyclic) bond motifs is 1. The summed E-state index contributed by atoms with van der Waals surface area (Å²) in [5.41, 5.74) is 4.86. The molecule has 6 rings (SSSR count). The number of halogens is 1. The van der Waals surface area contributed by atoms with Crippen LogP contribution < -0.4 is 10.1 Å². The molecule has 0 radical (unpaired) electrons. The van der Waals surface area contributed by atoms with E-state index in [-0.39, 0.29) is 11.8 Å². The van der Waals surface area contributed by atoms with Crippen LogP contribution in [0.1, 0.15) is 42.0 Å². The summed E-state index contributed by atoms with van der Waals surface area (Å²) >= 11 is 7.87. The van der Waals surface area contributed by atoms with E-state index in [2.05, 4.69) is 5.32 Å². The van der Waals surface area contributed by atoms with Gasteiger partial charge in [-0.15, -0.1) is 5.10 Å². The first-order chi connectivity index (χ1) is 18.2. The predicted octanol–water partition coefficient (Wildman–Crippen LogP) is 6.82. The number of carbonyl (C=O) groups is 1. The number of nitrogens with one attached hydrogen (secondary N) is 1. The Morgan fingerprint density at radius 3 is 2.59 bits per heavy atom. The van der Waals surface area contributed by atoms with Gasteiger partial charge in [-0.3, -0.25) is 4.79 Å². The summed E-state index contributed by atoms with van der Waals surface area (Å²) in [5, 5.41) is 9.59. The van der Waals surface area contributed by atoms with Crippen LogP contribution in [0.4, 0.5) is 5.95 Å². The van der Waals surface area contributed by atoms with Crippen LogP contribution in [0.2, 0.25) is 5.02 Å². The molecule has 1 aliphatic carbocycles. The number of anilines is 1. The van der Waals surface area contributed by atoms with Crippen LogP contribution in [0.5, 0.6) is 5.75 Å². The number of benzene rings is 3.